The van der Waals surface area contributed by atoms with Crippen LogP contribution in [0.4, 0.5) is 0 Å². The van der Waals surface area contributed by atoms with E-state index in [4.69, 9.17) is 14.4 Å². The smallest absolute Gasteiger partial charge is 0.311 e. The molecule has 2 aliphatic heterocycles. The highest BCUT2D eigenvalue weighted by molar-refractivity contribution is 5.73. The van der Waals surface area contributed by atoms with E-state index in [2.05, 4.69) is 6.92 Å². The van der Waals surface area contributed by atoms with E-state index in [-0.39, 0.29) is 23.7 Å². The summed E-state index contributed by atoms with van der Waals surface area (Å²) in [5.74, 6) is 0.891. The van der Waals surface area contributed by atoms with Crippen LogP contribution in [0.25, 0.3) is 0 Å². The van der Waals surface area contributed by atoms with Gasteiger partial charge in [0.1, 0.15) is 0 Å². The molecule has 7 atom stereocenters. The van der Waals surface area contributed by atoms with Gasteiger partial charge in [0.15, 0.2) is 6.10 Å². The number of ether oxygens (including phenoxy) is 2. The Morgan fingerprint density at radius 2 is 1.91 bits per heavy atom. The van der Waals surface area contributed by atoms with Crippen molar-refractivity contribution in [2.45, 2.75) is 71.4 Å². The zero-order chi connectivity index (χ0) is 16.1. The summed E-state index contributed by atoms with van der Waals surface area (Å²) in [5, 5.41) is 9.55. The Bertz CT molecular complexity index is 435. The van der Waals surface area contributed by atoms with Gasteiger partial charge in [0, 0.05) is 5.92 Å². The SMILES string of the molecule is CC1CCC2C(C)C(=O)OC3OC(C)(C)CCC1C2C3OO. The van der Waals surface area contributed by atoms with Gasteiger partial charge in [-0.3, -0.25) is 10.1 Å². The average molecular weight is 312 g/mol. The van der Waals surface area contributed by atoms with Crippen LogP contribution in [0.15, 0.2) is 0 Å². The number of hydrogen-bond donors (Lipinski definition) is 1. The van der Waals surface area contributed by atoms with Crippen molar-refractivity contribution in [1.82, 2.24) is 0 Å². The van der Waals surface area contributed by atoms with Crippen molar-refractivity contribution in [3.63, 3.8) is 0 Å². The van der Waals surface area contributed by atoms with Crippen LogP contribution in [0, 0.1) is 29.6 Å². The lowest BCUT2D eigenvalue weighted by molar-refractivity contribution is -0.360. The molecule has 1 saturated carbocycles. The monoisotopic (exact) mass is 312 g/mol. The van der Waals surface area contributed by atoms with Gasteiger partial charge in [0.25, 0.3) is 0 Å². The van der Waals surface area contributed by atoms with Gasteiger partial charge < -0.3 is 9.47 Å². The molecule has 3 fully saturated rings. The Balaban J connectivity index is 2.04. The number of esters is 1. The van der Waals surface area contributed by atoms with Gasteiger partial charge in [-0.15, -0.1) is 0 Å². The van der Waals surface area contributed by atoms with Crippen molar-refractivity contribution < 1.29 is 24.4 Å². The quantitative estimate of drug-likeness (QED) is 0.457. The molecule has 2 heterocycles. The van der Waals surface area contributed by atoms with E-state index in [1.807, 2.05) is 20.8 Å². The zero-order valence-corrected chi connectivity index (χ0v) is 14.0. The third kappa shape index (κ3) is 2.68. The summed E-state index contributed by atoms with van der Waals surface area (Å²) < 4.78 is 11.6. The molecule has 2 saturated heterocycles. The lowest BCUT2D eigenvalue weighted by Gasteiger charge is -2.48. The molecule has 0 amide bonds. The summed E-state index contributed by atoms with van der Waals surface area (Å²) in [6.45, 7) is 8.23. The number of carbonyl (C=O) groups excluding carboxylic acids is 1. The maximum Gasteiger partial charge on any atom is 0.311 e. The van der Waals surface area contributed by atoms with Gasteiger partial charge >= 0.3 is 5.97 Å². The molecule has 126 valence electrons. The fourth-order valence-corrected chi connectivity index (χ4v) is 4.85. The summed E-state index contributed by atoms with van der Waals surface area (Å²) in [6.07, 6.45) is 2.64. The first-order valence-electron chi connectivity index (χ1n) is 8.52. The standard InChI is InChI=1S/C17H28O5/c1-9-5-6-12-10(2)15(18)20-16-14(22-19)13(12)11(9)7-8-17(3,4)21-16/h9-14,16,19H,5-8H2,1-4H3. The Morgan fingerprint density at radius 1 is 1.18 bits per heavy atom. The van der Waals surface area contributed by atoms with Crippen molar-refractivity contribution in [2.24, 2.45) is 29.6 Å². The molecule has 5 nitrogen and oxygen atoms in total. The second-order valence-corrected chi connectivity index (χ2v) is 8.04. The minimum absolute atomic E-state index is 0.108. The van der Waals surface area contributed by atoms with Crippen LogP contribution in [-0.4, -0.2) is 29.2 Å². The molecule has 3 rings (SSSR count). The molecule has 1 N–H and O–H groups in total. The van der Waals surface area contributed by atoms with Crippen LogP contribution in [0.2, 0.25) is 0 Å². The number of hydrogen-bond acceptors (Lipinski definition) is 5. The van der Waals surface area contributed by atoms with Crippen LogP contribution >= 0.6 is 0 Å². The van der Waals surface area contributed by atoms with E-state index in [0.717, 1.165) is 25.7 Å². The maximum atomic E-state index is 12.4. The molecule has 0 spiro atoms. The molecular formula is C17H28O5. The lowest BCUT2D eigenvalue weighted by atomic mass is 9.60. The Morgan fingerprint density at radius 3 is 2.59 bits per heavy atom. The molecule has 22 heavy (non-hydrogen) atoms. The second kappa shape index (κ2) is 5.77. The maximum absolute atomic E-state index is 12.4. The Hall–Kier alpha value is -0.650. The Kier molecular flexibility index (Phi) is 4.25. The van der Waals surface area contributed by atoms with Gasteiger partial charge in [0.05, 0.1) is 11.5 Å². The van der Waals surface area contributed by atoms with E-state index in [1.54, 1.807) is 0 Å². The summed E-state index contributed by atoms with van der Waals surface area (Å²) >= 11 is 0. The van der Waals surface area contributed by atoms with Gasteiger partial charge in [-0.1, -0.05) is 20.3 Å². The molecule has 0 aromatic heterocycles. The van der Waals surface area contributed by atoms with Crippen LogP contribution in [0.1, 0.15) is 53.4 Å². The fraction of sp³-hybridized carbons (Fsp3) is 0.941. The van der Waals surface area contributed by atoms with Gasteiger partial charge in [-0.25, -0.2) is 4.89 Å². The van der Waals surface area contributed by atoms with E-state index < -0.39 is 18.0 Å². The molecule has 2 bridgehead atoms. The van der Waals surface area contributed by atoms with Crippen molar-refractivity contribution in [3.05, 3.63) is 0 Å². The highest BCUT2D eigenvalue weighted by atomic mass is 17.1. The van der Waals surface area contributed by atoms with E-state index in [0.29, 0.717) is 11.8 Å². The Labute approximate surface area is 132 Å². The predicted octanol–water partition coefficient (Wildman–Crippen LogP) is 3.23. The average Bonchev–Trinajstić information content (AvgIpc) is 2.53. The third-order valence-corrected chi connectivity index (χ3v) is 6.21. The van der Waals surface area contributed by atoms with Gasteiger partial charge in [-0.05, 0) is 50.9 Å². The topological polar surface area (TPSA) is 65.0 Å². The summed E-state index contributed by atoms with van der Waals surface area (Å²) in [7, 11) is 0. The first-order valence-corrected chi connectivity index (χ1v) is 8.52. The van der Waals surface area contributed by atoms with E-state index in [1.165, 1.54) is 0 Å². The molecule has 1 aliphatic carbocycles. The fourth-order valence-electron chi connectivity index (χ4n) is 4.85. The third-order valence-electron chi connectivity index (χ3n) is 6.21. The summed E-state index contributed by atoms with van der Waals surface area (Å²) in [6, 6.07) is 0. The number of rotatable bonds is 1. The first kappa shape index (κ1) is 16.2. The van der Waals surface area contributed by atoms with Crippen molar-refractivity contribution in [1.29, 1.82) is 0 Å². The highest BCUT2D eigenvalue weighted by Crippen LogP contribution is 2.51. The zero-order valence-electron chi connectivity index (χ0n) is 14.0. The van der Waals surface area contributed by atoms with Crippen molar-refractivity contribution >= 4 is 5.97 Å². The molecule has 5 heteroatoms. The molecule has 0 aromatic carbocycles. The normalized spacial score (nSPS) is 47.9. The predicted molar refractivity (Wildman–Crippen MR) is 79.8 cm³/mol. The van der Waals surface area contributed by atoms with Crippen LogP contribution < -0.4 is 0 Å². The van der Waals surface area contributed by atoms with Crippen LogP contribution in [0.5, 0.6) is 0 Å². The van der Waals surface area contributed by atoms with Crippen molar-refractivity contribution in [2.75, 3.05) is 0 Å². The van der Waals surface area contributed by atoms with Crippen molar-refractivity contribution in [3.8, 4) is 0 Å². The molecule has 0 aromatic rings. The minimum atomic E-state index is -0.821. The lowest BCUT2D eigenvalue weighted by Crippen LogP contribution is -2.51. The van der Waals surface area contributed by atoms with E-state index in [9.17, 15) is 10.1 Å². The summed E-state index contributed by atoms with van der Waals surface area (Å²) in [5.41, 5.74) is -0.396. The largest absolute Gasteiger partial charge is 0.432 e. The number of carbonyl (C=O) groups is 1. The van der Waals surface area contributed by atoms with Gasteiger partial charge in [-0.2, -0.15) is 0 Å². The molecular weight excluding hydrogens is 284 g/mol. The highest BCUT2D eigenvalue weighted by Gasteiger charge is 2.54. The van der Waals surface area contributed by atoms with E-state index >= 15 is 0 Å². The molecule has 7 unspecified atom stereocenters. The molecule has 3 aliphatic rings. The summed E-state index contributed by atoms with van der Waals surface area (Å²) in [4.78, 5) is 17.2. The van der Waals surface area contributed by atoms with Gasteiger partial charge in [0.2, 0.25) is 6.29 Å². The molecule has 0 radical (unpaired) electrons. The van der Waals surface area contributed by atoms with Crippen LogP contribution in [-0.2, 0) is 19.2 Å². The second-order valence-electron chi connectivity index (χ2n) is 8.04. The number of fused-ring (bicyclic) bond motifs is 1. The minimum Gasteiger partial charge on any atom is -0.432 e. The van der Waals surface area contributed by atoms with Crippen LogP contribution in [0.3, 0.4) is 0 Å². The first-order chi connectivity index (χ1) is 10.3.